The van der Waals surface area contributed by atoms with Crippen molar-refractivity contribution < 1.29 is 19.1 Å². The molecule has 0 bridgehead atoms. The van der Waals surface area contributed by atoms with Crippen LogP contribution in [0.5, 0.6) is 0 Å². The summed E-state index contributed by atoms with van der Waals surface area (Å²) in [5.41, 5.74) is 0.952. The van der Waals surface area contributed by atoms with Crippen LogP contribution in [0, 0.1) is 0 Å². The van der Waals surface area contributed by atoms with E-state index >= 15 is 0 Å². The SMILES string of the molecule is CCOC(=O)/C=C/[C@H]1CCCN1C(=O)OCc1ccccc1. The van der Waals surface area contributed by atoms with E-state index in [4.69, 9.17) is 9.47 Å². The quantitative estimate of drug-likeness (QED) is 0.620. The molecule has 5 heteroatoms. The van der Waals surface area contributed by atoms with Gasteiger partial charge in [-0.05, 0) is 25.3 Å². The molecule has 1 heterocycles. The molecule has 0 aliphatic carbocycles. The lowest BCUT2D eigenvalue weighted by atomic mass is 10.2. The second kappa shape index (κ2) is 8.22. The highest BCUT2D eigenvalue weighted by atomic mass is 16.6. The Hall–Kier alpha value is -2.30. The van der Waals surface area contributed by atoms with E-state index in [1.165, 1.54) is 6.08 Å². The van der Waals surface area contributed by atoms with Gasteiger partial charge in [0.1, 0.15) is 6.61 Å². The largest absolute Gasteiger partial charge is 0.463 e. The second-order valence-electron chi connectivity index (χ2n) is 5.05. The Bertz CT molecular complexity index is 527. The number of hydrogen-bond acceptors (Lipinski definition) is 4. The number of amides is 1. The molecule has 0 unspecified atom stereocenters. The smallest absolute Gasteiger partial charge is 0.410 e. The lowest BCUT2D eigenvalue weighted by Gasteiger charge is -2.21. The van der Waals surface area contributed by atoms with Gasteiger partial charge < -0.3 is 14.4 Å². The van der Waals surface area contributed by atoms with Crippen LogP contribution >= 0.6 is 0 Å². The van der Waals surface area contributed by atoms with Gasteiger partial charge in [0.05, 0.1) is 12.6 Å². The average Bonchev–Trinajstić information content (AvgIpc) is 3.00. The first-order chi connectivity index (χ1) is 10.7. The highest BCUT2D eigenvalue weighted by Crippen LogP contribution is 2.20. The maximum atomic E-state index is 12.2. The summed E-state index contributed by atoms with van der Waals surface area (Å²) in [5, 5.41) is 0. The minimum atomic E-state index is -0.382. The number of carbonyl (C=O) groups is 2. The number of benzene rings is 1. The fourth-order valence-corrected chi connectivity index (χ4v) is 2.40. The van der Waals surface area contributed by atoms with E-state index in [-0.39, 0.29) is 24.7 Å². The Morgan fingerprint density at radius 1 is 1.27 bits per heavy atom. The Morgan fingerprint density at radius 3 is 2.77 bits per heavy atom. The van der Waals surface area contributed by atoms with Gasteiger partial charge in [-0.3, -0.25) is 0 Å². The van der Waals surface area contributed by atoms with Gasteiger partial charge in [0.25, 0.3) is 0 Å². The van der Waals surface area contributed by atoms with Gasteiger partial charge in [-0.1, -0.05) is 36.4 Å². The standard InChI is InChI=1S/C17H21NO4/c1-2-21-16(19)11-10-15-9-6-12-18(15)17(20)22-13-14-7-4-3-5-8-14/h3-5,7-8,10-11,15H,2,6,9,12-13H2,1H3/b11-10+/t15-/m1/s1. The van der Waals surface area contributed by atoms with Crippen LogP contribution < -0.4 is 0 Å². The van der Waals surface area contributed by atoms with Crippen molar-refractivity contribution in [1.82, 2.24) is 4.90 Å². The number of nitrogens with zero attached hydrogens (tertiary/aromatic N) is 1. The predicted molar refractivity (Wildman–Crippen MR) is 82.1 cm³/mol. The highest BCUT2D eigenvalue weighted by Gasteiger charge is 2.28. The molecule has 0 aromatic heterocycles. The van der Waals surface area contributed by atoms with Gasteiger partial charge in [0, 0.05) is 12.6 Å². The topological polar surface area (TPSA) is 55.8 Å². The summed E-state index contributed by atoms with van der Waals surface area (Å²) in [4.78, 5) is 25.1. The van der Waals surface area contributed by atoms with E-state index in [0.717, 1.165) is 18.4 Å². The molecule has 118 valence electrons. The summed E-state index contributed by atoms with van der Waals surface area (Å²) in [6.07, 6.45) is 4.49. The van der Waals surface area contributed by atoms with E-state index in [0.29, 0.717) is 13.2 Å². The Labute approximate surface area is 130 Å². The summed E-state index contributed by atoms with van der Waals surface area (Å²) >= 11 is 0. The molecule has 1 amide bonds. The zero-order chi connectivity index (χ0) is 15.8. The van der Waals surface area contributed by atoms with E-state index in [9.17, 15) is 9.59 Å². The Morgan fingerprint density at radius 2 is 2.05 bits per heavy atom. The van der Waals surface area contributed by atoms with Crippen molar-refractivity contribution in [3.63, 3.8) is 0 Å². The molecule has 1 aromatic rings. The molecule has 22 heavy (non-hydrogen) atoms. The third-order valence-electron chi connectivity index (χ3n) is 3.48. The van der Waals surface area contributed by atoms with E-state index in [1.54, 1.807) is 17.9 Å². The van der Waals surface area contributed by atoms with Crippen molar-refractivity contribution in [2.75, 3.05) is 13.2 Å². The summed E-state index contributed by atoms with van der Waals surface area (Å²) in [6.45, 7) is 3.00. The monoisotopic (exact) mass is 303 g/mol. The maximum Gasteiger partial charge on any atom is 0.410 e. The molecular weight excluding hydrogens is 282 g/mol. The van der Waals surface area contributed by atoms with Gasteiger partial charge in [0.2, 0.25) is 0 Å². The molecule has 1 saturated heterocycles. The summed E-state index contributed by atoms with van der Waals surface area (Å²) in [7, 11) is 0. The van der Waals surface area contributed by atoms with Crippen LogP contribution in [0.4, 0.5) is 4.79 Å². The number of likely N-dealkylation sites (tertiary alicyclic amines) is 1. The summed E-state index contributed by atoms with van der Waals surface area (Å²) in [5.74, 6) is -0.382. The molecule has 1 aliphatic rings. The maximum absolute atomic E-state index is 12.2. The first-order valence-electron chi connectivity index (χ1n) is 7.53. The van der Waals surface area contributed by atoms with Crippen LogP contribution in [0.3, 0.4) is 0 Å². The number of esters is 1. The summed E-state index contributed by atoms with van der Waals surface area (Å²) < 4.78 is 10.2. The highest BCUT2D eigenvalue weighted by molar-refractivity contribution is 5.82. The van der Waals surface area contributed by atoms with Crippen molar-refractivity contribution in [1.29, 1.82) is 0 Å². The molecule has 1 aromatic carbocycles. The van der Waals surface area contributed by atoms with Crippen molar-refractivity contribution >= 4 is 12.1 Å². The molecule has 5 nitrogen and oxygen atoms in total. The molecule has 0 saturated carbocycles. The Balaban J connectivity index is 1.86. The van der Waals surface area contributed by atoms with Crippen LogP contribution in [0.2, 0.25) is 0 Å². The normalized spacial score (nSPS) is 17.7. The average molecular weight is 303 g/mol. The molecule has 0 spiro atoms. The van der Waals surface area contributed by atoms with E-state index in [2.05, 4.69) is 0 Å². The van der Waals surface area contributed by atoms with Crippen molar-refractivity contribution in [2.24, 2.45) is 0 Å². The zero-order valence-electron chi connectivity index (χ0n) is 12.7. The minimum Gasteiger partial charge on any atom is -0.463 e. The second-order valence-corrected chi connectivity index (χ2v) is 5.05. The molecule has 2 rings (SSSR count). The fourth-order valence-electron chi connectivity index (χ4n) is 2.40. The van der Waals surface area contributed by atoms with Crippen LogP contribution in [-0.4, -0.2) is 36.2 Å². The first-order valence-corrected chi connectivity index (χ1v) is 7.53. The fraction of sp³-hybridized carbons (Fsp3) is 0.412. The van der Waals surface area contributed by atoms with Gasteiger partial charge in [-0.15, -0.1) is 0 Å². The first kappa shape index (κ1) is 16.1. The van der Waals surface area contributed by atoms with E-state index in [1.807, 2.05) is 30.3 Å². The minimum absolute atomic E-state index is 0.104. The molecule has 0 N–H and O–H groups in total. The van der Waals surface area contributed by atoms with Crippen LogP contribution in [0.25, 0.3) is 0 Å². The predicted octanol–water partition coefficient (Wildman–Crippen LogP) is 2.91. The molecule has 0 radical (unpaired) electrons. The van der Waals surface area contributed by atoms with Crippen molar-refractivity contribution in [2.45, 2.75) is 32.4 Å². The third kappa shape index (κ3) is 4.62. The Kier molecular flexibility index (Phi) is 6.01. The lowest BCUT2D eigenvalue weighted by Crippen LogP contribution is -2.34. The molecule has 1 fully saturated rings. The zero-order valence-corrected chi connectivity index (χ0v) is 12.7. The van der Waals surface area contributed by atoms with Crippen LogP contribution in [0.1, 0.15) is 25.3 Å². The van der Waals surface area contributed by atoms with Crippen LogP contribution in [0.15, 0.2) is 42.5 Å². The van der Waals surface area contributed by atoms with Gasteiger partial charge in [0.15, 0.2) is 0 Å². The number of rotatable bonds is 5. The number of ether oxygens (including phenoxy) is 2. The number of carbonyl (C=O) groups excluding carboxylic acids is 2. The molecule has 1 aliphatic heterocycles. The van der Waals surface area contributed by atoms with Crippen molar-refractivity contribution in [3.05, 3.63) is 48.0 Å². The van der Waals surface area contributed by atoms with Gasteiger partial charge >= 0.3 is 12.1 Å². The molecular formula is C17H21NO4. The lowest BCUT2D eigenvalue weighted by molar-refractivity contribution is -0.137. The third-order valence-corrected chi connectivity index (χ3v) is 3.48. The van der Waals surface area contributed by atoms with Crippen molar-refractivity contribution in [3.8, 4) is 0 Å². The van der Waals surface area contributed by atoms with E-state index < -0.39 is 0 Å². The summed E-state index contributed by atoms with van der Waals surface area (Å²) in [6, 6.07) is 9.45. The van der Waals surface area contributed by atoms with Crippen LogP contribution in [-0.2, 0) is 20.9 Å². The molecule has 1 atom stereocenters. The van der Waals surface area contributed by atoms with Gasteiger partial charge in [-0.2, -0.15) is 0 Å². The number of hydrogen-bond donors (Lipinski definition) is 0. The van der Waals surface area contributed by atoms with Gasteiger partial charge in [-0.25, -0.2) is 9.59 Å².